The van der Waals surface area contributed by atoms with E-state index in [2.05, 4.69) is 168 Å². The van der Waals surface area contributed by atoms with Crippen LogP contribution in [0.25, 0.3) is 22.5 Å². The van der Waals surface area contributed by atoms with Gasteiger partial charge in [-0.15, -0.1) is 0 Å². The van der Waals surface area contributed by atoms with Gasteiger partial charge in [0.15, 0.2) is 0 Å². The first-order valence-corrected chi connectivity index (χ1v) is 16.9. The van der Waals surface area contributed by atoms with Crippen LogP contribution in [0.3, 0.4) is 0 Å². The monoisotopic (exact) mass is 625 g/mol. The van der Waals surface area contributed by atoms with Gasteiger partial charge in [0.2, 0.25) is 0 Å². The third-order valence-corrected chi connectivity index (χ3v) is 10.7. The minimum absolute atomic E-state index is 0.936. The summed E-state index contributed by atoms with van der Waals surface area (Å²) in [5.74, 6) is 0. The number of aromatic nitrogens is 1. The van der Waals surface area contributed by atoms with Gasteiger partial charge in [0.1, 0.15) is 0 Å². The van der Waals surface area contributed by atoms with Gasteiger partial charge in [-0.25, -0.2) is 4.98 Å². The Hall–Kier alpha value is -5.23. The lowest BCUT2D eigenvalue weighted by Crippen LogP contribution is -2.17. The fourth-order valence-electron chi connectivity index (χ4n) is 6.33. The zero-order valence-electron chi connectivity index (χ0n) is 24.7. The highest BCUT2D eigenvalue weighted by Crippen LogP contribution is 2.55. The van der Waals surface area contributed by atoms with Gasteiger partial charge in [0.25, 0.3) is 0 Å². The number of pyridine rings is 1. The molecular weight excluding hydrogens is 599 g/mol. The summed E-state index contributed by atoms with van der Waals surface area (Å²) < 4.78 is 0. The average Bonchev–Trinajstić information content (AvgIpc) is 3.13. The molecule has 1 aromatic heterocycles. The van der Waals surface area contributed by atoms with Crippen molar-refractivity contribution in [1.29, 1.82) is 0 Å². The second kappa shape index (κ2) is 11.3. The zero-order chi connectivity index (χ0) is 30.5. The lowest BCUT2D eigenvalue weighted by atomic mass is 10.0. The van der Waals surface area contributed by atoms with E-state index in [1.807, 2.05) is 29.6 Å². The Morgan fingerprint density at radius 1 is 0.348 bits per heavy atom. The predicted molar refractivity (Wildman–Crippen MR) is 193 cm³/mol. The Bertz CT molecular complexity index is 2040. The van der Waals surface area contributed by atoms with Crippen LogP contribution >= 0.6 is 23.5 Å². The summed E-state index contributed by atoms with van der Waals surface area (Å²) in [5.41, 5.74) is 10.9. The summed E-state index contributed by atoms with van der Waals surface area (Å²) in [7, 11) is 0. The zero-order valence-corrected chi connectivity index (χ0v) is 26.4. The highest BCUT2D eigenvalue weighted by molar-refractivity contribution is 8.00. The molecule has 218 valence electrons. The van der Waals surface area contributed by atoms with E-state index in [0.29, 0.717) is 0 Å². The summed E-state index contributed by atoms with van der Waals surface area (Å²) in [6.07, 6.45) is 0. The molecule has 2 aliphatic rings. The first-order chi connectivity index (χ1) is 22.8. The van der Waals surface area contributed by atoms with Gasteiger partial charge in [-0.2, -0.15) is 0 Å². The molecule has 0 N–H and O–H groups in total. The van der Waals surface area contributed by atoms with Crippen LogP contribution in [0, 0.1) is 0 Å². The Kier molecular flexibility index (Phi) is 6.65. The maximum atomic E-state index is 5.22. The molecule has 0 atom stereocenters. The van der Waals surface area contributed by atoms with Gasteiger partial charge in [-0.05, 0) is 78.9 Å². The lowest BCUT2D eigenvalue weighted by molar-refractivity contribution is 1.14. The first kappa shape index (κ1) is 27.1. The van der Waals surface area contributed by atoms with Gasteiger partial charge >= 0.3 is 0 Å². The van der Waals surface area contributed by atoms with E-state index >= 15 is 0 Å². The summed E-state index contributed by atoms with van der Waals surface area (Å²) in [6, 6.07) is 58.4. The summed E-state index contributed by atoms with van der Waals surface area (Å²) in [6.45, 7) is 0. The highest BCUT2D eigenvalue weighted by atomic mass is 32.2. The number of anilines is 6. The fraction of sp³-hybridized carbons (Fsp3) is 0. The number of hydrogen-bond donors (Lipinski definition) is 0. The quantitative estimate of drug-likeness (QED) is 0.193. The van der Waals surface area contributed by atoms with Crippen molar-refractivity contribution in [3.05, 3.63) is 164 Å². The number of fused-ring (bicyclic) bond motifs is 4. The molecule has 0 saturated heterocycles. The van der Waals surface area contributed by atoms with Crippen LogP contribution in [-0.4, -0.2) is 4.98 Å². The second-order valence-electron chi connectivity index (χ2n) is 11.3. The molecule has 0 amide bonds. The van der Waals surface area contributed by atoms with Crippen LogP contribution in [0.1, 0.15) is 0 Å². The van der Waals surface area contributed by atoms with Crippen LogP contribution < -0.4 is 9.80 Å². The van der Waals surface area contributed by atoms with Crippen molar-refractivity contribution in [3.8, 4) is 22.5 Å². The molecular formula is C41H27N3S2. The van der Waals surface area contributed by atoms with Crippen LogP contribution in [0.5, 0.6) is 0 Å². The maximum Gasteiger partial charge on any atom is 0.0711 e. The van der Waals surface area contributed by atoms with E-state index < -0.39 is 0 Å². The third-order valence-electron chi connectivity index (χ3n) is 8.40. The van der Waals surface area contributed by atoms with Crippen molar-refractivity contribution >= 4 is 57.6 Å². The Morgan fingerprint density at radius 2 is 0.739 bits per heavy atom. The lowest BCUT2D eigenvalue weighted by Gasteiger charge is -2.36. The van der Waals surface area contributed by atoms with Crippen LogP contribution in [0.15, 0.2) is 183 Å². The van der Waals surface area contributed by atoms with Crippen molar-refractivity contribution in [3.63, 3.8) is 0 Å². The van der Waals surface area contributed by atoms with Crippen molar-refractivity contribution in [2.45, 2.75) is 19.6 Å². The maximum absolute atomic E-state index is 5.22. The van der Waals surface area contributed by atoms with E-state index in [9.17, 15) is 0 Å². The van der Waals surface area contributed by atoms with Crippen molar-refractivity contribution in [1.82, 2.24) is 4.98 Å². The highest BCUT2D eigenvalue weighted by Gasteiger charge is 2.28. The molecule has 5 heteroatoms. The van der Waals surface area contributed by atoms with Crippen LogP contribution in [0.4, 0.5) is 34.1 Å². The van der Waals surface area contributed by atoms with E-state index in [-0.39, 0.29) is 0 Å². The minimum atomic E-state index is 0.936. The fourth-order valence-corrected chi connectivity index (χ4v) is 8.45. The molecule has 7 aromatic rings. The second-order valence-corrected chi connectivity index (χ2v) is 13.4. The van der Waals surface area contributed by atoms with Crippen molar-refractivity contribution in [2.75, 3.05) is 9.80 Å². The molecule has 0 unspecified atom stereocenters. The molecule has 0 radical (unpaired) electrons. The smallest absolute Gasteiger partial charge is 0.0711 e. The van der Waals surface area contributed by atoms with E-state index in [1.54, 1.807) is 0 Å². The Morgan fingerprint density at radius 3 is 1.20 bits per heavy atom. The summed E-state index contributed by atoms with van der Waals surface area (Å²) >= 11 is 3.66. The molecule has 2 aliphatic heterocycles. The van der Waals surface area contributed by atoms with Crippen LogP contribution in [0.2, 0.25) is 0 Å². The van der Waals surface area contributed by atoms with Gasteiger partial charge < -0.3 is 9.80 Å². The summed E-state index contributed by atoms with van der Waals surface area (Å²) in [4.78, 5) is 15.0. The molecule has 0 fully saturated rings. The van der Waals surface area contributed by atoms with Gasteiger partial charge in [0, 0.05) is 42.1 Å². The molecule has 9 rings (SSSR count). The van der Waals surface area contributed by atoms with E-state index in [0.717, 1.165) is 33.9 Å². The van der Waals surface area contributed by atoms with Crippen LogP contribution in [-0.2, 0) is 0 Å². The Balaban J connectivity index is 1.30. The number of para-hydroxylation sites is 4. The average molecular weight is 626 g/mol. The standard InChI is InChI=1S/C41H27N3S2/c1-2-13-28(14-3-1)32-15-12-16-33(42-32)29-25-30(43-34-17-4-8-21-38(34)45-39-22-9-5-18-35(39)43)27-31(26-29)44-36-19-6-10-23-40(36)46-41-24-11-7-20-37(41)44/h1-27H. The molecule has 3 heterocycles. The molecule has 3 nitrogen and oxygen atoms in total. The Labute approximate surface area is 277 Å². The van der Waals surface area contributed by atoms with Crippen molar-refractivity contribution < 1.29 is 0 Å². The normalized spacial score (nSPS) is 13.0. The summed E-state index contributed by atoms with van der Waals surface area (Å²) in [5, 5.41) is 0. The minimum Gasteiger partial charge on any atom is -0.308 e. The van der Waals surface area contributed by atoms with Gasteiger partial charge in [0.05, 0.1) is 34.1 Å². The SMILES string of the molecule is c1ccc(-c2cccc(-c3cc(N4c5ccccc5Sc5ccccc54)cc(N4c5ccccc5Sc5ccccc54)c3)n2)cc1. The number of nitrogens with zero attached hydrogens (tertiary/aromatic N) is 3. The number of hydrogen-bond acceptors (Lipinski definition) is 5. The first-order valence-electron chi connectivity index (χ1n) is 15.3. The molecule has 0 bridgehead atoms. The molecule has 0 spiro atoms. The molecule has 6 aromatic carbocycles. The predicted octanol–water partition coefficient (Wildman–Crippen LogP) is 12.3. The number of rotatable bonds is 4. The molecule has 0 aliphatic carbocycles. The van der Waals surface area contributed by atoms with Gasteiger partial charge in [-0.1, -0.05) is 108 Å². The topological polar surface area (TPSA) is 19.4 Å². The van der Waals surface area contributed by atoms with Crippen molar-refractivity contribution in [2.24, 2.45) is 0 Å². The number of benzene rings is 6. The van der Waals surface area contributed by atoms with Gasteiger partial charge in [-0.3, -0.25) is 0 Å². The largest absolute Gasteiger partial charge is 0.308 e. The molecule has 0 saturated carbocycles. The third kappa shape index (κ3) is 4.67. The molecule has 46 heavy (non-hydrogen) atoms. The van der Waals surface area contributed by atoms with E-state index in [4.69, 9.17) is 4.98 Å². The van der Waals surface area contributed by atoms with E-state index in [1.165, 1.54) is 42.3 Å².